The van der Waals surface area contributed by atoms with Crippen molar-refractivity contribution in [3.05, 3.63) is 40.7 Å². The molecular formula is C23H21F5N8. The van der Waals surface area contributed by atoms with E-state index >= 15 is 0 Å². The minimum absolute atomic E-state index is 0.0662. The maximum absolute atomic E-state index is 14.0. The first kappa shape index (κ1) is 24.0. The molecule has 1 fully saturated rings. The summed E-state index contributed by atoms with van der Waals surface area (Å²) in [6.07, 6.45) is 0.521. The summed E-state index contributed by atoms with van der Waals surface area (Å²) in [6, 6.07) is 4.20. The summed E-state index contributed by atoms with van der Waals surface area (Å²) in [5.41, 5.74) is -2.74. The molecule has 2 aliphatic heterocycles. The Bertz CT molecular complexity index is 1420. The Morgan fingerprint density at radius 2 is 1.83 bits per heavy atom. The molecule has 0 aliphatic carbocycles. The molecule has 0 radical (unpaired) electrons. The number of halogens is 5. The Labute approximate surface area is 202 Å². The number of fused-ring (bicyclic) bond motifs is 1. The highest BCUT2D eigenvalue weighted by molar-refractivity contribution is 5.83. The molecule has 0 bridgehead atoms. The van der Waals surface area contributed by atoms with Gasteiger partial charge in [0.2, 0.25) is 0 Å². The Balaban J connectivity index is 1.66. The molecule has 8 nitrogen and oxygen atoms in total. The van der Waals surface area contributed by atoms with Gasteiger partial charge in [0, 0.05) is 29.5 Å². The number of benzene rings is 1. The van der Waals surface area contributed by atoms with Crippen LogP contribution in [0.15, 0.2) is 28.4 Å². The van der Waals surface area contributed by atoms with Crippen LogP contribution in [0.1, 0.15) is 49.7 Å². The number of terminal acetylenes is 1. The molecule has 5 rings (SSSR count). The lowest BCUT2D eigenvalue weighted by Gasteiger charge is -2.22. The molecule has 188 valence electrons. The summed E-state index contributed by atoms with van der Waals surface area (Å²) in [6.45, 7) is 4.90. The van der Waals surface area contributed by atoms with Crippen LogP contribution in [0.5, 0.6) is 0 Å². The normalized spacial score (nSPS) is 18.6. The Morgan fingerprint density at radius 3 is 2.39 bits per heavy atom. The van der Waals surface area contributed by atoms with Crippen molar-refractivity contribution in [3.8, 4) is 12.3 Å². The van der Waals surface area contributed by atoms with E-state index in [1.807, 2.05) is 20.8 Å². The van der Waals surface area contributed by atoms with Crippen molar-refractivity contribution in [1.82, 2.24) is 25.0 Å². The van der Waals surface area contributed by atoms with Crippen LogP contribution in [-0.2, 0) is 17.6 Å². The average molecular weight is 504 g/mol. The lowest BCUT2D eigenvalue weighted by Crippen LogP contribution is -2.32. The molecule has 1 saturated heterocycles. The fraction of sp³-hybridized carbons (Fsp3) is 0.478. The van der Waals surface area contributed by atoms with Gasteiger partial charge in [-0.1, -0.05) is 44.0 Å². The van der Waals surface area contributed by atoms with Crippen molar-refractivity contribution in [3.63, 3.8) is 0 Å². The van der Waals surface area contributed by atoms with Crippen LogP contribution in [0.4, 0.5) is 27.8 Å². The number of nitrogens with zero attached hydrogens (tertiary/aromatic N) is 8. The zero-order valence-electron chi connectivity index (χ0n) is 19.6. The van der Waals surface area contributed by atoms with Gasteiger partial charge in [0.05, 0.1) is 13.1 Å². The Morgan fingerprint density at radius 1 is 1.11 bits per heavy atom. The van der Waals surface area contributed by atoms with Gasteiger partial charge in [-0.2, -0.15) is 13.2 Å². The highest BCUT2D eigenvalue weighted by Gasteiger charge is 2.66. The molecule has 3 aromatic rings. The molecule has 0 saturated carbocycles. The molecule has 13 heteroatoms. The summed E-state index contributed by atoms with van der Waals surface area (Å²) >= 11 is 0. The van der Waals surface area contributed by atoms with Crippen molar-refractivity contribution in [1.29, 1.82) is 0 Å². The Kier molecular flexibility index (Phi) is 5.11. The van der Waals surface area contributed by atoms with Crippen LogP contribution in [0.25, 0.3) is 11.2 Å². The maximum Gasteiger partial charge on any atom is 0.442 e. The lowest BCUT2D eigenvalue weighted by molar-refractivity contribution is -0.166. The maximum atomic E-state index is 14.0. The van der Waals surface area contributed by atoms with E-state index in [9.17, 15) is 22.0 Å². The zero-order chi connectivity index (χ0) is 26.1. The highest BCUT2D eigenvalue weighted by Crippen LogP contribution is 2.53. The van der Waals surface area contributed by atoms with Gasteiger partial charge in [0.15, 0.2) is 17.0 Å². The van der Waals surface area contributed by atoms with Gasteiger partial charge in [-0.05, 0) is 11.6 Å². The first-order chi connectivity index (χ1) is 16.8. The monoisotopic (exact) mass is 504 g/mol. The number of hydrogen-bond donors (Lipinski definition) is 0. The Hall–Kier alpha value is -3.69. The third-order valence-electron chi connectivity index (χ3n) is 6.19. The number of alkyl halides is 5. The van der Waals surface area contributed by atoms with Gasteiger partial charge >= 0.3 is 11.8 Å². The van der Waals surface area contributed by atoms with Crippen LogP contribution < -0.4 is 4.90 Å². The second kappa shape index (κ2) is 7.65. The molecule has 36 heavy (non-hydrogen) atoms. The van der Waals surface area contributed by atoms with Gasteiger partial charge in [-0.15, -0.1) is 21.8 Å². The fourth-order valence-corrected chi connectivity index (χ4v) is 4.21. The van der Waals surface area contributed by atoms with Crippen molar-refractivity contribution in [2.75, 3.05) is 18.0 Å². The van der Waals surface area contributed by atoms with E-state index in [1.54, 1.807) is 0 Å². The first-order valence-electron chi connectivity index (χ1n) is 11.1. The molecule has 4 heterocycles. The van der Waals surface area contributed by atoms with Crippen LogP contribution >= 0.6 is 0 Å². The highest BCUT2D eigenvalue weighted by atomic mass is 19.4. The number of aromatic nitrogens is 5. The van der Waals surface area contributed by atoms with Gasteiger partial charge in [0.25, 0.3) is 5.92 Å². The molecule has 0 atom stereocenters. The predicted molar refractivity (Wildman–Crippen MR) is 120 cm³/mol. The first-order valence-corrected chi connectivity index (χ1v) is 11.1. The summed E-state index contributed by atoms with van der Waals surface area (Å²) in [4.78, 5) is 10.5. The molecule has 0 spiro atoms. The average Bonchev–Trinajstić information content (AvgIpc) is 3.40. The second-order valence-corrected chi connectivity index (χ2v) is 9.91. The van der Waals surface area contributed by atoms with Crippen molar-refractivity contribution in [2.45, 2.75) is 56.9 Å². The van der Waals surface area contributed by atoms with E-state index in [2.05, 4.69) is 36.4 Å². The largest absolute Gasteiger partial charge is 0.442 e. The van der Waals surface area contributed by atoms with Crippen LogP contribution in [-0.4, -0.2) is 50.2 Å². The predicted octanol–water partition coefficient (Wildman–Crippen LogP) is 4.57. The van der Waals surface area contributed by atoms with Crippen LogP contribution in [0.3, 0.4) is 0 Å². The summed E-state index contributed by atoms with van der Waals surface area (Å²) in [7, 11) is 0. The van der Waals surface area contributed by atoms with Crippen molar-refractivity contribution in [2.24, 2.45) is 10.2 Å². The lowest BCUT2D eigenvalue weighted by atomic mass is 9.93. The number of rotatable bonds is 4. The van der Waals surface area contributed by atoms with Crippen LogP contribution in [0.2, 0.25) is 0 Å². The van der Waals surface area contributed by atoms with Gasteiger partial charge in [-0.3, -0.25) is 0 Å². The third-order valence-corrected chi connectivity index (χ3v) is 6.19. The summed E-state index contributed by atoms with van der Waals surface area (Å²) in [5, 5.41) is 14.8. The van der Waals surface area contributed by atoms with E-state index in [-0.39, 0.29) is 53.2 Å². The topological polar surface area (TPSA) is 84.5 Å². The molecule has 1 aromatic carbocycles. The van der Waals surface area contributed by atoms with E-state index in [0.717, 1.165) is 0 Å². The second-order valence-electron chi connectivity index (χ2n) is 9.91. The third kappa shape index (κ3) is 3.84. The van der Waals surface area contributed by atoms with Crippen LogP contribution in [0, 0.1) is 12.3 Å². The van der Waals surface area contributed by atoms with Gasteiger partial charge < -0.3 is 4.90 Å². The van der Waals surface area contributed by atoms with Crippen molar-refractivity contribution < 1.29 is 22.0 Å². The zero-order valence-corrected chi connectivity index (χ0v) is 19.6. The summed E-state index contributed by atoms with van der Waals surface area (Å²) in [5.74, 6) is 0.0971. The fourth-order valence-electron chi connectivity index (χ4n) is 4.21. The quantitative estimate of drug-likeness (QED) is 0.384. The SMILES string of the molecule is C#Cc1cccc(C2(C(F)(F)F)N=N2)c1Cn1nnc2c(N3CCC(F)(F)C3)nc(C(C)(C)C)nc21. The molecule has 0 amide bonds. The van der Waals surface area contributed by atoms with Crippen molar-refractivity contribution >= 4 is 17.0 Å². The van der Waals surface area contributed by atoms with Gasteiger partial charge in [0.1, 0.15) is 5.82 Å². The number of hydrogen-bond acceptors (Lipinski definition) is 7. The smallest absolute Gasteiger partial charge is 0.348 e. The standard InChI is InChI=1S/C23H21F5N8/c1-5-13-7-6-8-15(22(32-33-22)23(26,27)28)14(13)11-36-18-16(31-34-36)17(29-19(30-18)20(2,3)4)35-10-9-21(24,25)12-35/h1,6-8H,9-12H2,2-4H3. The number of anilines is 1. The minimum Gasteiger partial charge on any atom is -0.348 e. The van der Waals surface area contributed by atoms with E-state index < -0.39 is 29.7 Å². The molecule has 0 unspecified atom stereocenters. The minimum atomic E-state index is -4.75. The van der Waals surface area contributed by atoms with E-state index in [4.69, 9.17) is 6.42 Å². The molecule has 2 aromatic heterocycles. The molecule has 0 N–H and O–H groups in total. The van der Waals surface area contributed by atoms with E-state index in [0.29, 0.717) is 5.82 Å². The molecule has 2 aliphatic rings. The summed E-state index contributed by atoms with van der Waals surface area (Å²) < 4.78 is 70.8. The van der Waals surface area contributed by atoms with E-state index in [1.165, 1.54) is 27.8 Å². The van der Waals surface area contributed by atoms with Gasteiger partial charge in [-0.25, -0.2) is 23.4 Å². The molecular weight excluding hydrogens is 483 g/mol.